The van der Waals surface area contributed by atoms with Gasteiger partial charge >= 0.3 is 0 Å². The molecule has 2 unspecified atom stereocenters. The number of hydrogen-bond donors (Lipinski definition) is 2. The highest BCUT2D eigenvalue weighted by Gasteiger charge is 2.32. The maximum absolute atomic E-state index is 12.2. The van der Waals surface area contributed by atoms with Crippen molar-refractivity contribution < 1.29 is 4.79 Å². The SMILES string of the molecule is CC(C(=O)NC1CCN(CC2CCCC2)C1)C1CNC1. The van der Waals surface area contributed by atoms with Crippen molar-refractivity contribution in [3.05, 3.63) is 0 Å². The number of nitrogens with zero attached hydrogens (tertiary/aromatic N) is 1. The minimum atomic E-state index is 0.167. The van der Waals surface area contributed by atoms with Crippen molar-refractivity contribution in [1.82, 2.24) is 15.5 Å². The minimum Gasteiger partial charge on any atom is -0.352 e. The Balaban J connectivity index is 1.39. The van der Waals surface area contributed by atoms with E-state index in [1.54, 1.807) is 0 Å². The summed E-state index contributed by atoms with van der Waals surface area (Å²) in [6.07, 6.45) is 6.81. The van der Waals surface area contributed by atoms with Crippen LogP contribution in [-0.2, 0) is 4.79 Å². The second-order valence-corrected chi connectivity index (χ2v) is 7.11. The number of carbonyl (C=O) groups is 1. The third kappa shape index (κ3) is 3.34. The number of likely N-dealkylation sites (tertiary alicyclic amines) is 1. The topological polar surface area (TPSA) is 44.4 Å². The van der Waals surface area contributed by atoms with E-state index in [0.29, 0.717) is 12.0 Å². The van der Waals surface area contributed by atoms with Gasteiger partial charge in [0.1, 0.15) is 0 Å². The Morgan fingerprint density at radius 1 is 1.30 bits per heavy atom. The van der Waals surface area contributed by atoms with Crippen molar-refractivity contribution in [3.63, 3.8) is 0 Å². The van der Waals surface area contributed by atoms with Crippen LogP contribution < -0.4 is 10.6 Å². The summed E-state index contributed by atoms with van der Waals surface area (Å²) in [6.45, 7) is 7.58. The van der Waals surface area contributed by atoms with Crippen molar-refractivity contribution in [2.45, 2.75) is 45.1 Å². The lowest BCUT2D eigenvalue weighted by molar-refractivity contribution is -0.127. The summed E-state index contributed by atoms with van der Waals surface area (Å²) in [5.74, 6) is 1.90. The Morgan fingerprint density at radius 2 is 2.05 bits per heavy atom. The molecule has 0 aromatic heterocycles. The second-order valence-electron chi connectivity index (χ2n) is 7.11. The highest BCUT2D eigenvalue weighted by molar-refractivity contribution is 5.79. The van der Waals surface area contributed by atoms with E-state index in [2.05, 4.69) is 22.5 Å². The molecule has 2 N–H and O–H groups in total. The normalized spacial score (nSPS) is 30.4. The van der Waals surface area contributed by atoms with E-state index in [4.69, 9.17) is 0 Å². The lowest BCUT2D eigenvalue weighted by atomic mass is 9.88. The van der Waals surface area contributed by atoms with Gasteiger partial charge in [0, 0.05) is 31.6 Å². The van der Waals surface area contributed by atoms with Crippen LogP contribution in [0.1, 0.15) is 39.0 Å². The lowest BCUT2D eigenvalue weighted by Gasteiger charge is -2.32. The summed E-state index contributed by atoms with van der Waals surface area (Å²) in [6, 6.07) is 0.388. The van der Waals surface area contributed by atoms with Gasteiger partial charge in [0.25, 0.3) is 0 Å². The standard InChI is InChI=1S/C16H29N3O/c1-12(14-8-17-9-14)16(20)18-15-6-7-19(11-15)10-13-4-2-3-5-13/h12-15,17H,2-11H2,1H3,(H,18,20). The van der Waals surface area contributed by atoms with E-state index in [0.717, 1.165) is 32.0 Å². The van der Waals surface area contributed by atoms with E-state index in [-0.39, 0.29) is 11.8 Å². The molecule has 0 radical (unpaired) electrons. The Labute approximate surface area is 122 Å². The largest absolute Gasteiger partial charge is 0.352 e. The third-order valence-corrected chi connectivity index (χ3v) is 5.54. The van der Waals surface area contributed by atoms with Gasteiger partial charge in [0.15, 0.2) is 0 Å². The van der Waals surface area contributed by atoms with Crippen LogP contribution in [-0.4, -0.2) is 49.6 Å². The van der Waals surface area contributed by atoms with E-state index >= 15 is 0 Å². The number of hydrogen-bond acceptors (Lipinski definition) is 3. The van der Waals surface area contributed by atoms with Crippen molar-refractivity contribution >= 4 is 5.91 Å². The van der Waals surface area contributed by atoms with Gasteiger partial charge in [-0.15, -0.1) is 0 Å². The average Bonchev–Trinajstić information content (AvgIpc) is 2.99. The van der Waals surface area contributed by atoms with Crippen LogP contribution in [0.4, 0.5) is 0 Å². The summed E-state index contributed by atoms with van der Waals surface area (Å²) < 4.78 is 0. The van der Waals surface area contributed by atoms with Gasteiger partial charge in [-0.1, -0.05) is 19.8 Å². The van der Waals surface area contributed by atoms with E-state index in [1.165, 1.54) is 38.8 Å². The fourth-order valence-corrected chi connectivity index (χ4v) is 3.89. The number of nitrogens with one attached hydrogen (secondary N) is 2. The zero-order valence-electron chi connectivity index (χ0n) is 12.7. The molecule has 0 aromatic rings. The van der Waals surface area contributed by atoms with Gasteiger partial charge in [0.2, 0.25) is 5.91 Å². The first-order valence-electron chi connectivity index (χ1n) is 8.46. The summed E-state index contributed by atoms with van der Waals surface area (Å²) >= 11 is 0. The molecule has 2 heterocycles. The third-order valence-electron chi connectivity index (χ3n) is 5.54. The minimum absolute atomic E-state index is 0.167. The lowest BCUT2D eigenvalue weighted by Crippen LogP contribution is -2.51. The van der Waals surface area contributed by atoms with E-state index in [1.807, 2.05) is 0 Å². The van der Waals surface area contributed by atoms with Crippen molar-refractivity contribution in [3.8, 4) is 0 Å². The molecule has 3 rings (SSSR count). The molecular weight excluding hydrogens is 250 g/mol. The number of amides is 1. The molecule has 114 valence electrons. The first-order valence-corrected chi connectivity index (χ1v) is 8.46. The number of rotatable bonds is 5. The van der Waals surface area contributed by atoms with Gasteiger partial charge in [0.05, 0.1) is 0 Å². The van der Waals surface area contributed by atoms with Crippen molar-refractivity contribution in [2.75, 3.05) is 32.7 Å². The Hall–Kier alpha value is -0.610. The van der Waals surface area contributed by atoms with Crippen molar-refractivity contribution in [2.24, 2.45) is 17.8 Å². The fourth-order valence-electron chi connectivity index (χ4n) is 3.89. The van der Waals surface area contributed by atoms with Crippen LogP contribution in [0.25, 0.3) is 0 Å². The Morgan fingerprint density at radius 3 is 2.70 bits per heavy atom. The van der Waals surface area contributed by atoms with E-state index < -0.39 is 0 Å². The van der Waals surface area contributed by atoms with Gasteiger partial charge < -0.3 is 15.5 Å². The van der Waals surface area contributed by atoms with Gasteiger partial charge in [-0.3, -0.25) is 4.79 Å². The molecule has 1 aliphatic carbocycles. The van der Waals surface area contributed by atoms with Crippen LogP contribution in [0.3, 0.4) is 0 Å². The molecule has 0 aromatic carbocycles. The zero-order valence-corrected chi connectivity index (χ0v) is 12.7. The fraction of sp³-hybridized carbons (Fsp3) is 0.938. The summed E-state index contributed by atoms with van der Waals surface area (Å²) in [7, 11) is 0. The zero-order chi connectivity index (χ0) is 13.9. The van der Waals surface area contributed by atoms with Crippen LogP contribution >= 0.6 is 0 Å². The van der Waals surface area contributed by atoms with Crippen molar-refractivity contribution in [1.29, 1.82) is 0 Å². The first kappa shape index (κ1) is 14.3. The van der Waals surface area contributed by atoms with Gasteiger partial charge in [-0.05, 0) is 44.2 Å². The van der Waals surface area contributed by atoms with Crippen LogP contribution in [0.15, 0.2) is 0 Å². The summed E-state index contributed by atoms with van der Waals surface area (Å²) in [5, 5.41) is 6.52. The number of carbonyl (C=O) groups excluding carboxylic acids is 1. The van der Waals surface area contributed by atoms with Gasteiger partial charge in [-0.2, -0.15) is 0 Å². The molecule has 3 aliphatic rings. The molecule has 20 heavy (non-hydrogen) atoms. The predicted molar refractivity (Wildman–Crippen MR) is 80.5 cm³/mol. The first-order chi connectivity index (χ1) is 9.72. The molecule has 2 atom stereocenters. The second kappa shape index (κ2) is 6.44. The maximum atomic E-state index is 12.2. The molecule has 1 saturated carbocycles. The smallest absolute Gasteiger partial charge is 0.223 e. The molecule has 2 aliphatic heterocycles. The predicted octanol–water partition coefficient (Wildman–Crippen LogP) is 1.22. The highest BCUT2D eigenvalue weighted by atomic mass is 16.2. The molecule has 0 bridgehead atoms. The highest BCUT2D eigenvalue weighted by Crippen LogP contribution is 2.26. The molecule has 4 heteroatoms. The van der Waals surface area contributed by atoms with Crippen LogP contribution in [0, 0.1) is 17.8 Å². The molecular formula is C16H29N3O. The summed E-state index contributed by atoms with van der Waals surface area (Å²) in [5.41, 5.74) is 0. The molecule has 0 spiro atoms. The summed E-state index contributed by atoms with van der Waals surface area (Å²) in [4.78, 5) is 14.8. The maximum Gasteiger partial charge on any atom is 0.223 e. The quantitative estimate of drug-likeness (QED) is 0.795. The van der Waals surface area contributed by atoms with Crippen LogP contribution in [0.5, 0.6) is 0 Å². The molecule has 1 amide bonds. The average molecular weight is 279 g/mol. The molecule has 2 saturated heterocycles. The Bertz CT molecular complexity index is 337. The van der Waals surface area contributed by atoms with Crippen LogP contribution in [0.2, 0.25) is 0 Å². The monoisotopic (exact) mass is 279 g/mol. The Kier molecular flexibility index (Phi) is 4.61. The molecule has 3 fully saturated rings. The van der Waals surface area contributed by atoms with Gasteiger partial charge in [-0.25, -0.2) is 0 Å². The van der Waals surface area contributed by atoms with E-state index in [9.17, 15) is 4.79 Å². The molecule has 4 nitrogen and oxygen atoms in total.